The van der Waals surface area contributed by atoms with Crippen molar-refractivity contribution in [2.24, 2.45) is 0 Å². The number of nitrogens with zero attached hydrogens (tertiary/aromatic N) is 1. The van der Waals surface area contributed by atoms with E-state index in [-0.39, 0.29) is 13.2 Å². The molecule has 3 N–H and O–H groups in total. The van der Waals surface area contributed by atoms with E-state index in [1.165, 1.54) is 0 Å². The summed E-state index contributed by atoms with van der Waals surface area (Å²) in [6, 6.07) is 0. The smallest absolute Gasteiger partial charge is 0.395 e. The van der Waals surface area contributed by atoms with Crippen LogP contribution in [0.2, 0.25) is 0 Å². The van der Waals surface area contributed by atoms with E-state index >= 15 is 0 Å². The van der Waals surface area contributed by atoms with Crippen LogP contribution in [0.1, 0.15) is 6.92 Å². The summed E-state index contributed by atoms with van der Waals surface area (Å²) in [4.78, 5) is 1.99. The Bertz CT molecular complexity index is 212. The van der Waals surface area contributed by atoms with Crippen molar-refractivity contribution < 1.29 is 27.4 Å². The molecular weight excluding hydrogens is 226 g/mol. The van der Waals surface area contributed by atoms with E-state index in [1.807, 2.05) is 11.8 Å². The zero-order chi connectivity index (χ0) is 12.3. The summed E-state index contributed by atoms with van der Waals surface area (Å²) in [5.74, 6) is 0. The minimum atomic E-state index is -4.16. The molecule has 0 amide bonds. The minimum absolute atomic E-state index is 0.174. The van der Waals surface area contributed by atoms with Gasteiger partial charge in [0.1, 0.15) is 0 Å². The van der Waals surface area contributed by atoms with Gasteiger partial charge in [-0.05, 0) is 6.54 Å². The highest BCUT2D eigenvalue weighted by Gasteiger charge is 1.97. The Morgan fingerprint density at radius 3 is 1.67 bits per heavy atom. The molecule has 0 aromatic heterocycles. The van der Waals surface area contributed by atoms with Crippen molar-refractivity contribution in [3.63, 3.8) is 0 Å². The third-order valence-corrected chi connectivity index (χ3v) is 1.91. The first-order valence-electron chi connectivity index (χ1n) is 4.38. The van der Waals surface area contributed by atoms with E-state index < -0.39 is 10.4 Å². The number of hydrogen-bond donors (Lipinski definition) is 3. The molecule has 15 heavy (non-hydrogen) atoms. The molecule has 0 atom stereocenters. The second-order valence-electron chi connectivity index (χ2n) is 2.48. The number of rotatable bonds is 6. The molecule has 0 aromatic rings. The van der Waals surface area contributed by atoms with E-state index in [4.69, 9.17) is 14.8 Å². The van der Waals surface area contributed by atoms with Crippen LogP contribution in [0.15, 0.2) is 0 Å². The molecular formula is C7H19NO6S. The van der Waals surface area contributed by atoms with Gasteiger partial charge in [-0.3, -0.25) is 13.6 Å². The summed E-state index contributed by atoms with van der Waals surface area (Å²) in [5.41, 5.74) is 0. The summed E-state index contributed by atoms with van der Waals surface area (Å²) in [6.45, 7) is 4.57. The zero-order valence-electron chi connectivity index (χ0n) is 8.96. The van der Waals surface area contributed by atoms with Crippen molar-refractivity contribution in [2.45, 2.75) is 6.92 Å². The van der Waals surface area contributed by atoms with Crippen LogP contribution in [-0.2, 0) is 14.6 Å². The molecule has 0 aliphatic heterocycles. The van der Waals surface area contributed by atoms with Gasteiger partial charge in [0, 0.05) is 13.1 Å². The lowest BCUT2D eigenvalue weighted by Crippen LogP contribution is -2.29. The molecule has 0 spiro atoms. The van der Waals surface area contributed by atoms with Crippen molar-refractivity contribution in [2.75, 3.05) is 40.0 Å². The Hall–Kier alpha value is -0.250. The summed E-state index contributed by atoms with van der Waals surface area (Å²) in [5, 5.41) is 16.9. The summed E-state index contributed by atoms with van der Waals surface area (Å²) < 4.78 is 29.7. The maximum absolute atomic E-state index is 9.33. The zero-order valence-corrected chi connectivity index (χ0v) is 9.77. The van der Waals surface area contributed by atoms with Crippen LogP contribution < -0.4 is 0 Å². The molecule has 0 aliphatic rings. The van der Waals surface area contributed by atoms with Gasteiger partial charge in [0.05, 0.1) is 20.3 Å². The summed E-state index contributed by atoms with van der Waals surface area (Å²) in [7, 11) is -3.29. The van der Waals surface area contributed by atoms with E-state index in [9.17, 15) is 8.42 Å². The van der Waals surface area contributed by atoms with Gasteiger partial charge < -0.3 is 10.2 Å². The Morgan fingerprint density at radius 1 is 1.20 bits per heavy atom. The van der Waals surface area contributed by atoms with Gasteiger partial charge in [-0.2, -0.15) is 8.42 Å². The first-order chi connectivity index (χ1) is 6.91. The molecule has 0 rings (SSSR count). The first kappa shape index (κ1) is 17.2. The van der Waals surface area contributed by atoms with Gasteiger partial charge >= 0.3 is 10.4 Å². The van der Waals surface area contributed by atoms with Crippen LogP contribution in [-0.4, -0.2) is 68.0 Å². The van der Waals surface area contributed by atoms with Crippen molar-refractivity contribution in [3.8, 4) is 0 Å². The van der Waals surface area contributed by atoms with Gasteiger partial charge in [0.15, 0.2) is 0 Å². The second-order valence-corrected chi connectivity index (χ2v) is 3.66. The quantitative estimate of drug-likeness (QED) is 0.501. The van der Waals surface area contributed by atoms with Crippen LogP contribution in [0.4, 0.5) is 0 Å². The van der Waals surface area contributed by atoms with Crippen LogP contribution in [0.3, 0.4) is 0 Å². The lowest BCUT2D eigenvalue weighted by Gasteiger charge is -2.16. The largest absolute Gasteiger partial charge is 0.397 e. The molecule has 0 aromatic carbocycles. The molecule has 8 heteroatoms. The van der Waals surface area contributed by atoms with Crippen LogP contribution in [0.5, 0.6) is 0 Å². The molecule has 0 saturated carbocycles. The molecule has 94 valence electrons. The van der Waals surface area contributed by atoms with Crippen molar-refractivity contribution in [1.29, 1.82) is 0 Å². The fourth-order valence-electron chi connectivity index (χ4n) is 0.711. The number of aliphatic hydroxyl groups excluding tert-OH is 2. The molecule has 0 heterocycles. The monoisotopic (exact) mass is 245 g/mol. The average Bonchev–Trinajstić information content (AvgIpc) is 2.17. The maximum atomic E-state index is 9.33. The number of likely N-dealkylation sites (N-methyl/N-ethyl adjacent to an activating group) is 1. The Morgan fingerprint density at radius 2 is 1.53 bits per heavy atom. The summed E-state index contributed by atoms with van der Waals surface area (Å²) >= 11 is 0. The fourth-order valence-corrected chi connectivity index (χ4v) is 0.711. The summed E-state index contributed by atoms with van der Waals surface area (Å²) in [6.07, 6.45) is 0. The maximum Gasteiger partial charge on any atom is 0.397 e. The third kappa shape index (κ3) is 16.4. The van der Waals surface area contributed by atoms with Crippen LogP contribution in [0.25, 0.3) is 0 Å². The topological polar surface area (TPSA) is 107 Å². The van der Waals surface area contributed by atoms with E-state index in [0.29, 0.717) is 13.1 Å². The highest BCUT2D eigenvalue weighted by Crippen LogP contribution is 1.83. The minimum Gasteiger partial charge on any atom is -0.395 e. The predicted octanol–water partition coefficient (Wildman–Crippen LogP) is -1.27. The molecule has 0 bridgehead atoms. The van der Waals surface area contributed by atoms with Gasteiger partial charge in [-0.15, -0.1) is 0 Å². The highest BCUT2D eigenvalue weighted by atomic mass is 32.3. The van der Waals surface area contributed by atoms with Gasteiger partial charge in [-0.25, -0.2) is 0 Å². The van der Waals surface area contributed by atoms with Crippen molar-refractivity contribution >= 4 is 10.4 Å². The molecule has 0 saturated heterocycles. The lowest BCUT2D eigenvalue weighted by molar-refractivity contribution is 0.166. The second kappa shape index (κ2) is 10.3. The molecule has 7 nitrogen and oxygen atoms in total. The molecule has 0 unspecified atom stereocenters. The Kier molecular flexibility index (Phi) is 11.7. The third-order valence-electron chi connectivity index (χ3n) is 1.49. The SMILES string of the molecule is CCN(CCO)CCO.COS(=O)(=O)O. The Balaban J connectivity index is 0. The standard InChI is InChI=1S/C6H15NO2.CH4O4S/c1-2-7(3-5-8)4-6-9;1-5-6(2,3)4/h8-9H,2-6H2,1H3;1H3,(H,2,3,4). The van der Waals surface area contributed by atoms with Crippen LogP contribution in [0, 0.1) is 0 Å². The predicted molar refractivity (Wildman–Crippen MR) is 54.8 cm³/mol. The van der Waals surface area contributed by atoms with Gasteiger partial charge in [0.2, 0.25) is 0 Å². The van der Waals surface area contributed by atoms with Crippen molar-refractivity contribution in [1.82, 2.24) is 4.90 Å². The molecule has 0 aliphatic carbocycles. The highest BCUT2D eigenvalue weighted by molar-refractivity contribution is 7.80. The lowest BCUT2D eigenvalue weighted by atomic mass is 10.5. The number of hydrogen-bond acceptors (Lipinski definition) is 6. The van der Waals surface area contributed by atoms with Gasteiger partial charge in [0.25, 0.3) is 0 Å². The van der Waals surface area contributed by atoms with Crippen LogP contribution >= 0.6 is 0 Å². The van der Waals surface area contributed by atoms with Crippen molar-refractivity contribution in [3.05, 3.63) is 0 Å². The fraction of sp³-hybridized carbons (Fsp3) is 1.00. The molecule has 0 radical (unpaired) electrons. The number of aliphatic hydroxyl groups is 2. The first-order valence-corrected chi connectivity index (χ1v) is 5.74. The van der Waals surface area contributed by atoms with Gasteiger partial charge in [-0.1, -0.05) is 6.92 Å². The Labute approximate surface area is 90.2 Å². The van der Waals surface area contributed by atoms with E-state index in [1.54, 1.807) is 0 Å². The normalized spacial score (nSPS) is 11.1. The van der Waals surface area contributed by atoms with E-state index in [0.717, 1.165) is 13.7 Å². The van der Waals surface area contributed by atoms with E-state index in [2.05, 4.69) is 4.18 Å². The average molecular weight is 245 g/mol. The molecule has 0 fully saturated rings.